The Morgan fingerprint density at radius 1 is 1.45 bits per heavy atom. The zero-order valence-corrected chi connectivity index (χ0v) is 12.7. The second-order valence-electron chi connectivity index (χ2n) is 5.84. The van der Waals surface area contributed by atoms with Gasteiger partial charge in [0.1, 0.15) is 0 Å². The molecular formula is C16H25N3O. The molecular weight excluding hydrogens is 250 g/mol. The van der Waals surface area contributed by atoms with Gasteiger partial charge in [-0.05, 0) is 37.0 Å². The van der Waals surface area contributed by atoms with Gasteiger partial charge in [0, 0.05) is 32.7 Å². The zero-order chi connectivity index (χ0) is 14.7. The minimum absolute atomic E-state index is 0.00618. The molecule has 1 unspecified atom stereocenters. The van der Waals surface area contributed by atoms with E-state index < -0.39 is 0 Å². The van der Waals surface area contributed by atoms with Crippen molar-refractivity contribution in [3.05, 3.63) is 23.8 Å². The van der Waals surface area contributed by atoms with Gasteiger partial charge in [0.2, 0.25) is 0 Å². The molecule has 1 amide bonds. The van der Waals surface area contributed by atoms with Gasteiger partial charge in [-0.25, -0.2) is 0 Å². The molecule has 1 heterocycles. The molecule has 0 radical (unpaired) electrons. The number of nitrogens with two attached hydrogens (primary N) is 1. The van der Waals surface area contributed by atoms with Gasteiger partial charge in [-0.15, -0.1) is 0 Å². The Labute approximate surface area is 121 Å². The third-order valence-electron chi connectivity index (χ3n) is 4.12. The lowest BCUT2D eigenvalue weighted by atomic mass is 9.95. The van der Waals surface area contributed by atoms with Crippen molar-refractivity contribution in [3.8, 4) is 0 Å². The van der Waals surface area contributed by atoms with Crippen LogP contribution in [0.2, 0.25) is 0 Å². The lowest BCUT2D eigenvalue weighted by Crippen LogP contribution is -2.35. The maximum absolute atomic E-state index is 11.9. The van der Waals surface area contributed by atoms with Gasteiger partial charge >= 0.3 is 0 Å². The highest BCUT2D eigenvalue weighted by Crippen LogP contribution is 2.30. The summed E-state index contributed by atoms with van der Waals surface area (Å²) in [5.41, 5.74) is 8.59. The van der Waals surface area contributed by atoms with Gasteiger partial charge in [-0.1, -0.05) is 13.3 Å². The minimum atomic E-state index is -0.00618. The number of carbonyl (C=O) groups excluding carboxylic acids is 1. The number of hydrogen-bond donors (Lipinski definition) is 1. The SMILES string of the molecule is CCC1CCCN(c2ccc(C(=O)N(C)C)cc2N)C1. The Hall–Kier alpha value is -1.71. The van der Waals surface area contributed by atoms with E-state index in [-0.39, 0.29) is 5.91 Å². The molecule has 1 aromatic carbocycles. The van der Waals surface area contributed by atoms with E-state index in [1.54, 1.807) is 25.1 Å². The Kier molecular flexibility index (Phi) is 4.53. The quantitative estimate of drug-likeness (QED) is 0.863. The molecule has 1 atom stereocenters. The first-order chi connectivity index (χ1) is 9.52. The van der Waals surface area contributed by atoms with E-state index in [1.807, 2.05) is 12.1 Å². The van der Waals surface area contributed by atoms with E-state index in [0.717, 1.165) is 24.7 Å². The molecule has 2 rings (SSSR count). The lowest BCUT2D eigenvalue weighted by Gasteiger charge is -2.34. The topological polar surface area (TPSA) is 49.6 Å². The number of nitrogens with zero attached hydrogens (tertiary/aromatic N) is 2. The number of carbonyl (C=O) groups is 1. The smallest absolute Gasteiger partial charge is 0.253 e. The molecule has 0 bridgehead atoms. The fraction of sp³-hybridized carbons (Fsp3) is 0.562. The molecule has 0 saturated carbocycles. The fourth-order valence-electron chi connectivity index (χ4n) is 2.85. The Balaban J connectivity index is 2.19. The highest BCUT2D eigenvalue weighted by molar-refractivity contribution is 5.95. The van der Waals surface area contributed by atoms with Crippen molar-refractivity contribution in [2.45, 2.75) is 26.2 Å². The molecule has 20 heavy (non-hydrogen) atoms. The van der Waals surface area contributed by atoms with Crippen LogP contribution in [0.25, 0.3) is 0 Å². The molecule has 1 saturated heterocycles. The number of piperidine rings is 1. The van der Waals surface area contributed by atoms with E-state index in [1.165, 1.54) is 19.3 Å². The van der Waals surface area contributed by atoms with Gasteiger partial charge in [0.25, 0.3) is 5.91 Å². The summed E-state index contributed by atoms with van der Waals surface area (Å²) in [7, 11) is 3.51. The average molecular weight is 275 g/mol. The van der Waals surface area contributed by atoms with Crippen LogP contribution in [0.5, 0.6) is 0 Å². The van der Waals surface area contributed by atoms with Crippen LogP contribution in [0.4, 0.5) is 11.4 Å². The second kappa shape index (κ2) is 6.16. The highest BCUT2D eigenvalue weighted by atomic mass is 16.2. The predicted molar refractivity (Wildman–Crippen MR) is 84.1 cm³/mol. The summed E-state index contributed by atoms with van der Waals surface area (Å²) in [4.78, 5) is 15.9. The van der Waals surface area contributed by atoms with Crippen LogP contribution in [0.3, 0.4) is 0 Å². The Morgan fingerprint density at radius 3 is 2.80 bits per heavy atom. The highest BCUT2D eigenvalue weighted by Gasteiger charge is 2.20. The maximum atomic E-state index is 11.9. The number of hydrogen-bond acceptors (Lipinski definition) is 3. The zero-order valence-electron chi connectivity index (χ0n) is 12.7. The van der Waals surface area contributed by atoms with E-state index >= 15 is 0 Å². The van der Waals surface area contributed by atoms with Crippen molar-refractivity contribution in [2.24, 2.45) is 5.92 Å². The van der Waals surface area contributed by atoms with Gasteiger partial charge in [0.15, 0.2) is 0 Å². The summed E-state index contributed by atoms with van der Waals surface area (Å²) in [5, 5.41) is 0. The minimum Gasteiger partial charge on any atom is -0.397 e. The van der Waals surface area contributed by atoms with Crippen LogP contribution in [0, 0.1) is 5.92 Å². The summed E-state index contributed by atoms with van der Waals surface area (Å²) in [6, 6.07) is 5.67. The first-order valence-corrected chi connectivity index (χ1v) is 7.39. The van der Waals surface area contributed by atoms with Crippen LogP contribution >= 0.6 is 0 Å². The monoisotopic (exact) mass is 275 g/mol. The molecule has 4 heteroatoms. The predicted octanol–water partition coefficient (Wildman–Crippen LogP) is 2.60. The molecule has 0 aromatic heterocycles. The Bertz CT molecular complexity index is 485. The fourth-order valence-corrected chi connectivity index (χ4v) is 2.85. The van der Waals surface area contributed by atoms with Crippen molar-refractivity contribution >= 4 is 17.3 Å². The van der Waals surface area contributed by atoms with Crippen LogP contribution in [0.15, 0.2) is 18.2 Å². The summed E-state index contributed by atoms with van der Waals surface area (Å²) < 4.78 is 0. The van der Waals surface area contributed by atoms with E-state index in [4.69, 9.17) is 5.73 Å². The van der Waals surface area contributed by atoms with Crippen LogP contribution in [-0.2, 0) is 0 Å². The van der Waals surface area contributed by atoms with Crippen molar-refractivity contribution in [1.82, 2.24) is 4.90 Å². The molecule has 1 aromatic rings. The maximum Gasteiger partial charge on any atom is 0.253 e. The molecule has 110 valence electrons. The van der Waals surface area contributed by atoms with Crippen LogP contribution < -0.4 is 10.6 Å². The molecule has 1 aliphatic heterocycles. The number of benzene rings is 1. The van der Waals surface area contributed by atoms with Crippen LogP contribution in [0.1, 0.15) is 36.5 Å². The number of rotatable bonds is 3. The van der Waals surface area contributed by atoms with Gasteiger partial charge in [0.05, 0.1) is 11.4 Å². The van der Waals surface area contributed by atoms with E-state index in [0.29, 0.717) is 11.3 Å². The molecule has 0 spiro atoms. The second-order valence-corrected chi connectivity index (χ2v) is 5.84. The van der Waals surface area contributed by atoms with Crippen molar-refractivity contribution in [2.75, 3.05) is 37.8 Å². The van der Waals surface area contributed by atoms with Gasteiger partial charge < -0.3 is 15.5 Å². The normalized spacial score (nSPS) is 18.9. The molecule has 4 nitrogen and oxygen atoms in total. The van der Waals surface area contributed by atoms with Crippen molar-refractivity contribution < 1.29 is 4.79 Å². The largest absolute Gasteiger partial charge is 0.397 e. The third-order valence-corrected chi connectivity index (χ3v) is 4.12. The molecule has 2 N–H and O–H groups in total. The van der Waals surface area contributed by atoms with Crippen molar-refractivity contribution in [1.29, 1.82) is 0 Å². The van der Waals surface area contributed by atoms with Crippen molar-refractivity contribution in [3.63, 3.8) is 0 Å². The summed E-state index contributed by atoms with van der Waals surface area (Å²) in [6.07, 6.45) is 3.74. The van der Waals surface area contributed by atoms with Gasteiger partial charge in [-0.2, -0.15) is 0 Å². The van der Waals surface area contributed by atoms with E-state index in [2.05, 4.69) is 11.8 Å². The number of anilines is 2. The molecule has 0 aliphatic carbocycles. The molecule has 1 aliphatic rings. The van der Waals surface area contributed by atoms with Gasteiger partial charge in [-0.3, -0.25) is 4.79 Å². The summed E-state index contributed by atoms with van der Waals surface area (Å²) in [5.74, 6) is 0.750. The standard InChI is InChI=1S/C16H25N3O/c1-4-12-6-5-9-19(11-12)15-8-7-13(10-14(15)17)16(20)18(2)3/h7-8,10,12H,4-6,9,11,17H2,1-3H3. The summed E-state index contributed by atoms with van der Waals surface area (Å²) >= 11 is 0. The third kappa shape index (κ3) is 3.06. The number of nitrogen functional groups attached to an aromatic ring is 1. The summed E-state index contributed by atoms with van der Waals surface area (Å²) in [6.45, 7) is 4.37. The average Bonchev–Trinajstić information content (AvgIpc) is 2.46. The lowest BCUT2D eigenvalue weighted by molar-refractivity contribution is 0.0827. The van der Waals surface area contributed by atoms with E-state index in [9.17, 15) is 4.79 Å². The first-order valence-electron chi connectivity index (χ1n) is 7.39. The Morgan fingerprint density at radius 2 is 2.20 bits per heavy atom. The van der Waals surface area contributed by atoms with Crippen LogP contribution in [-0.4, -0.2) is 38.0 Å². The molecule has 1 fully saturated rings. The first kappa shape index (κ1) is 14.7. The number of amides is 1.